The largest absolute Gasteiger partial charge is 0.240 e. The molecule has 2 aromatic rings. The highest BCUT2D eigenvalue weighted by Crippen LogP contribution is 2.03. The van der Waals surface area contributed by atoms with Crippen LogP contribution in [-0.2, 0) is 13.1 Å². The van der Waals surface area contributed by atoms with Gasteiger partial charge >= 0.3 is 0 Å². The Kier molecular flexibility index (Phi) is 4.34. The first-order chi connectivity index (χ1) is 8.88. The summed E-state index contributed by atoms with van der Waals surface area (Å²) in [7, 11) is 0. The van der Waals surface area contributed by atoms with E-state index in [1.54, 1.807) is 5.01 Å². The normalized spacial score (nSPS) is 9.72. The molecule has 0 radical (unpaired) electrons. The molecule has 1 N–H and O–H groups in total. The Morgan fingerprint density at radius 1 is 0.889 bits per heavy atom. The van der Waals surface area contributed by atoms with Gasteiger partial charge < -0.3 is 0 Å². The van der Waals surface area contributed by atoms with Gasteiger partial charge in [0.15, 0.2) is 6.19 Å². The summed E-state index contributed by atoms with van der Waals surface area (Å²) < 4.78 is 0. The Labute approximate surface area is 107 Å². The number of hydrogen-bond acceptors (Lipinski definition) is 3. The van der Waals surface area contributed by atoms with Gasteiger partial charge in [-0.25, -0.2) is 10.4 Å². The molecule has 0 unspecified atom stereocenters. The number of hydrazine groups is 1. The Balaban J connectivity index is 1.89. The molecular weight excluding hydrogens is 222 g/mol. The minimum atomic E-state index is 0.574. The van der Waals surface area contributed by atoms with Crippen LogP contribution in [0.1, 0.15) is 11.1 Å². The van der Waals surface area contributed by atoms with Gasteiger partial charge in [0, 0.05) is 6.54 Å². The van der Waals surface area contributed by atoms with Crippen molar-refractivity contribution in [3.8, 4) is 6.19 Å². The molecule has 18 heavy (non-hydrogen) atoms. The molecule has 0 aliphatic carbocycles. The van der Waals surface area contributed by atoms with Gasteiger partial charge in [-0.2, -0.15) is 5.26 Å². The van der Waals surface area contributed by atoms with Crippen molar-refractivity contribution in [2.24, 2.45) is 0 Å². The molecular formula is C15H15N3. The van der Waals surface area contributed by atoms with Crippen molar-refractivity contribution in [1.82, 2.24) is 10.4 Å². The molecule has 0 spiro atoms. The summed E-state index contributed by atoms with van der Waals surface area (Å²) in [5.74, 6) is 0. The van der Waals surface area contributed by atoms with Crippen LogP contribution in [0.25, 0.3) is 0 Å². The van der Waals surface area contributed by atoms with Crippen LogP contribution in [0.15, 0.2) is 60.7 Å². The first-order valence-electron chi connectivity index (χ1n) is 5.87. The number of hydrogen-bond donors (Lipinski definition) is 1. The molecule has 0 bridgehead atoms. The van der Waals surface area contributed by atoms with E-state index < -0.39 is 0 Å². The summed E-state index contributed by atoms with van der Waals surface area (Å²) >= 11 is 0. The van der Waals surface area contributed by atoms with Crippen molar-refractivity contribution in [1.29, 1.82) is 5.26 Å². The Bertz CT molecular complexity index is 502. The summed E-state index contributed by atoms with van der Waals surface area (Å²) in [5.41, 5.74) is 5.38. The summed E-state index contributed by atoms with van der Waals surface area (Å²) in [5, 5.41) is 10.6. The van der Waals surface area contributed by atoms with Crippen molar-refractivity contribution in [3.05, 3.63) is 71.8 Å². The van der Waals surface area contributed by atoms with E-state index in [4.69, 9.17) is 5.26 Å². The molecule has 3 nitrogen and oxygen atoms in total. The number of benzene rings is 2. The van der Waals surface area contributed by atoms with Crippen LogP contribution in [0.5, 0.6) is 0 Å². The second kappa shape index (κ2) is 6.43. The maximum Gasteiger partial charge on any atom is 0.195 e. The first-order valence-corrected chi connectivity index (χ1v) is 5.87. The van der Waals surface area contributed by atoms with Gasteiger partial charge in [-0.05, 0) is 11.1 Å². The molecule has 90 valence electrons. The van der Waals surface area contributed by atoms with Gasteiger partial charge in [0.25, 0.3) is 0 Å². The van der Waals surface area contributed by atoms with Crippen LogP contribution in [0.4, 0.5) is 0 Å². The van der Waals surface area contributed by atoms with E-state index in [9.17, 15) is 0 Å². The van der Waals surface area contributed by atoms with Gasteiger partial charge in [-0.1, -0.05) is 60.7 Å². The molecule has 2 rings (SSSR count). The average molecular weight is 237 g/mol. The molecule has 0 aromatic heterocycles. The van der Waals surface area contributed by atoms with Crippen molar-refractivity contribution < 1.29 is 0 Å². The third-order valence-electron chi connectivity index (χ3n) is 2.62. The molecule has 0 saturated carbocycles. The van der Waals surface area contributed by atoms with Crippen molar-refractivity contribution in [2.75, 3.05) is 0 Å². The van der Waals surface area contributed by atoms with E-state index >= 15 is 0 Å². The molecule has 3 heteroatoms. The topological polar surface area (TPSA) is 39.1 Å². The van der Waals surface area contributed by atoms with Crippen LogP contribution in [-0.4, -0.2) is 5.01 Å². The van der Waals surface area contributed by atoms with Crippen LogP contribution < -0.4 is 5.43 Å². The van der Waals surface area contributed by atoms with Gasteiger partial charge in [0.2, 0.25) is 0 Å². The highest BCUT2D eigenvalue weighted by molar-refractivity contribution is 5.16. The summed E-state index contributed by atoms with van der Waals surface area (Å²) in [6, 6.07) is 20.0. The lowest BCUT2D eigenvalue weighted by atomic mass is 10.2. The monoisotopic (exact) mass is 237 g/mol. The smallest absolute Gasteiger partial charge is 0.195 e. The van der Waals surface area contributed by atoms with E-state index in [-0.39, 0.29) is 0 Å². The van der Waals surface area contributed by atoms with E-state index in [2.05, 4.69) is 11.6 Å². The summed E-state index contributed by atoms with van der Waals surface area (Å²) in [6.45, 7) is 1.23. The fraction of sp³-hybridized carbons (Fsp3) is 0.133. The SMILES string of the molecule is N#CN(Cc1ccccc1)NCc1ccccc1. The van der Waals surface area contributed by atoms with Crippen molar-refractivity contribution in [3.63, 3.8) is 0 Å². The fourth-order valence-electron chi connectivity index (χ4n) is 1.68. The van der Waals surface area contributed by atoms with Gasteiger partial charge in [-0.15, -0.1) is 0 Å². The number of nitriles is 1. The summed E-state index contributed by atoms with van der Waals surface area (Å²) in [6.07, 6.45) is 2.14. The predicted octanol–water partition coefficient (Wildman–Crippen LogP) is 2.67. The highest BCUT2D eigenvalue weighted by Gasteiger charge is 2.02. The number of nitrogens with one attached hydrogen (secondary N) is 1. The van der Waals surface area contributed by atoms with Crippen LogP contribution >= 0.6 is 0 Å². The molecule has 0 aliphatic rings. The lowest BCUT2D eigenvalue weighted by molar-refractivity contribution is 0.272. The zero-order chi connectivity index (χ0) is 12.6. The second-order valence-corrected chi connectivity index (χ2v) is 3.99. The molecule has 0 amide bonds. The van der Waals surface area contributed by atoms with Crippen molar-refractivity contribution >= 4 is 0 Å². The van der Waals surface area contributed by atoms with E-state index in [0.717, 1.165) is 11.1 Å². The molecule has 0 saturated heterocycles. The zero-order valence-electron chi connectivity index (χ0n) is 10.1. The third-order valence-corrected chi connectivity index (χ3v) is 2.62. The maximum absolute atomic E-state index is 9.08. The van der Waals surface area contributed by atoms with E-state index in [0.29, 0.717) is 13.1 Å². The van der Waals surface area contributed by atoms with Gasteiger partial charge in [0.1, 0.15) is 0 Å². The van der Waals surface area contributed by atoms with E-state index in [1.165, 1.54) is 0 Å². The number of rotatable bonds is 5. The lowest BCUT2D eigenvalue weighted by Crippen LogP contribution is -2.32. The number of nitrogens with zero attached hydrogens (tertiary/aromatic N) is 2. The lowest BCUT2D eigenvalue weighted by Gasteiger charge is -2.16. The van der Waals surface area contributed by atoms with Gasteiger partial charge in [-0.3, -0.25) is 0 Å². The molecule has 0 fully saturated rings. The molecule has 0 aliphatic heterocycles. The Morgan fingerprint density at radius 3 is 2.00 bits per heavy atom. The third kappa shape index (κ3) is 3.62. The fourth-order valence-corrected chi connectivity index (χ4v) is 1.68. The quantitative estimate of drug-likeness (QED) is 0.493. The molecule has 0 atom stereocenters. The standard InChI is InChI=1S/C15H15N3/c16-13-18(12-15-9-5-2-6-10-15)17-11-14-7-3-1-4-8-14/h1-10,17H,11-12H2. The van der Waals surface area contributed by atoms with Crippen LogP contribution in [0.3, 0.4) is 0 Å². The zero-order valence-corrected chi connectivity index (χ0v) is 10.1. The Morgan fingerprint density at radius 2 is 1.44 bits per heavy atom. The molecule has 0 heterocycles. The predicted molar refractivity (Wildman–Crippen MR) is 70.9 cm³/mol. The Hall–Kier alpha value is -2.31. The van der Waals surface area contributed by atoms with Crippen LogP contribution in [0, 0.1) is 11.5 Å². The van der Waals surface area contributed by atoms with E-state index in [1.807, 2.05) is 60.7 Å². The summed E-state index contributed by atoms with van der Waals surface area (Å²) in [4.78, 5) is 0. The first kappa shape index (κ1) is 12.2. The van der Waals surface area contributed by atoms with Crippen LogP contribution in [0.2, 0.25) is 0 Å². The minimum Gasteiger partial charge on any atom is -0.240 e. The molecule has 2 aromatic carbocycles. The second-order valence-electron chi connectivity index (χ2n) is 3.99. The minimum absolute atomic E-state index is 0.574. The maximum atomic E-state index is 9.08. The van der Waals surface area contributed by atoms with Crippen molar-refractivity contribution in [2.45, 2.75) is 13.1 Å². The van der Waals surface area contributed by atoms with Gasteiger partial charge in [0.05, 0.1) is 6.54 Å². The highest BCUT2D eigenvalue weighted by atomic mass is 15.5. The average Bonchev–Trinajstić information content (AvgIpc) is 2.45.